The lowest BCUT2D eigenvalue weighted by molar-refractivity contribution is -0.256. The maximum atomic E-state index is 13.1. The molecule has 2 aromatic rings. The summed E-state index contributed by atoms with van der Waals surface area (Å²) in [4.78, 5) is 26.1. The highest BCUT2D eigenvalue weighted by molar-refractivity contribution is 6.06. The molecule has 0 saturated carbocycles. The van der Waals surface area contributed by atoms with Crippen LogP contribution in [0.25, 0.3) is 0 Å². The fourth-order valence-corrected chi connectivity index (χ4v) is 3.46. The van der Waals surface area contributed by atoms with Crippen molar-refractivity contribution < 1.29 is 23.8 Å². The number of hydrogen-bond donors (Lipinski definition) is 0. The van der Waals surface area contributed by atoms with Crippen molar-refractivity contribution in [2.24, 2.45) is 0 Å². The monoisotopic (exact) mass is 367 g/mol. The van der Waals surface area contributed by atoms with Crippen molar-refractivity contribution >= 4 is 17.4 Å². The quantitative estimate of drug-likeness (QED) is 0.761. The van der Waals surface area contributed by atoms with Gasteiger partial charge >= 0.3 is 0 Å². The molecule has 1 fully saturated rings. The smallest absolute Gasteiger partial charge is 0.292 e. The molecule has 6 heteroatoms. The van der Waals surface area contributed by atoms with E-state index in [-0.39, 0.29) is 11.7 Å². The second-order valence-corrected chi connectivity index (χ2v) is 6.57. The van der Waals surface area contributed by atoms with Crippen molar-refractivity contribution in [1.29, 1.82) is 0 Å². The van der Waals surface area contributed by atoms with E-state index in [0.29, 0.717) is 37.7 Å². The van der Waals surface area contributed by atoms with Gasteiger partial charge in [-0.15, -0.1) is 0 Å². The van der Waals surface area contributed by atoms with Crippen LogP contribution in [0.3, 0.4) is 0 Å². The minimum absolute atomic E-state index is 0.0126. The van der Waals surface area contributed by atoms with Crippen LogP contribution in [0, 0.1) is 0 Å². The van der Waals surface area contributed by atoms with Crippen LogP contribution in [0.1, 0.15) is 29.3 Å². The molecular weight excluding hydrogens is 346 g/mol. The van der Waals surface area contributed by atoms with Crippen LogP contribution in [0.4, 0.5) is 5.69 Å². The molecule has 2 heterocycles. The maximum Gasteiger partial charge on any atom is 0.292 e. The predicted molar refractivity (Wildman–Crippen MR) is 98.9 cm³/mol. The molecule has 6 nitrogen and oxygen atoms in total. The first-order chi connectivity index (χ1) is 13.1. The lowest BCUT2D eigenvalue weighted by Crippen LogP contribution is -2.48. The summed E-state index contributed by atoms with van der Waals surface area (Å²) in [7, 11) is 0. The summed E-state index contributed by atoms with van der Waals surface area (Å²) in [6.07, 6.45) is 0.774. The molecule has 27 heavy (non-hydrogen) atoms. The van der Waals surface area contributed by atoms with Gasteiger partial charge < -0.3 is 19.1 Å². The maximum absolute atomic E-state index is 13.1. The molecule has 0 aliphatic carbocycles. The molecule has 4 rings (SSSR count). The van der Waals surface area contributed by atoms with Gasteiger partial charge in [0, 0.05) is 11.1 Å². The summed E-state index contributed by atoms with van der Waals surface area (Å²) in [6, 6.07) is 14.5. The lowest BCUT2D eigenvalue weighted by atomic mass is 10.1. The fraction of sp³-hybridized carbons (Fsp3) is 0.333. The molecule has 1 saturated heterocycles. The van der Waals surface area contributed by atoms with Crippen LogP contribution < -0.4 is 9.64 Å². The zero-order chi connectivity index (χ0) is 18.9. The van der Waals surface area contributed by atoms with Gasteiger partial charge in [0.05, 0.1) is 25.4 Å². The normalized spacial score (nSPS) is 17.8. The van der Waals surface area contributed by atoms with E-state index in [0.717, 1.165) is 17.7 Å². The Bertz CT molecular complexity index is 855. The third-order valence-electron chi connectivity index (χ3n) is 4.82. The Hall–Kier alpha value is -2.70. The van der Waals surface area contributed by atoms with E-state index >= 15 is 0 Å². The molecule has 140 valence electrons. The van der Waals surface area contributed by atoms with Gasteiger partial charge in [-0.2, -0.15) is 0 Å². The Balaban J connectivity index is 1.47. The van der Waals surface area contributed by atoms with Gasteiger partial charge in [0.15, 0.2) is 5.78 Å². The van der Waals surface area contributed by atoms with Gasteiger partial charge in [-0.05, 0) is 43.7 Å². The second-order valence-electron chi connectivity index (χ2n) is 6.57. The summed E-state index contributed by atoms with van der Waals surface area (Å²) in [5.41, 5.74) is 2.18. The number of carbonyl (C=O) groups excluding carboxylic acids is 2. The number of rotatable bonds is 5. The SMILES string of the molecule is CC(=O)c1ccc(OCCN2C(=O)C3(OCCCO3)c3ccccc32)cc1. The first-order valence-electron chi connectivity index (χ1n) is 9.05. The van der Waals surface area contributed by atoms with Gasteiger partial charge in [-0.3, -0.25) is 9.59 Å². The molecule has 0 N–H and O–H groups in total. The molecule has 0 radical (unpaired) electrons. The Morgan fingerprint density at radius 3 is 2.52 bits per heavy atom. The highest BCUT2D eigenvalue weighted by Gasteiger charge is 2.54. The van der Waals surface area contributed by atoms with Crippen molar-refractivity contribution in [2.75, 3.05) is 31.3 Å². The van der Waals surface area contributed by atoms with Crippen molar-refractivity contribution in [1.82, 2.24) is 0 Å². The van der Waals surface area contributed by atoms with Gasteiger partial charge in [0.2, 0.25) is 0 Å². The number of fused-ring (bicyclic) bond motifs is 2. The highest BCUT2D eigenvalue weighted by atomic mass is 16.7. The standard InChI is InChI=1S/C21H21NO5/c1-15(23)16-7-9-17(10-8-16)25-14-11-22-19-6-3-2-5-18(19)21(20(22)24)26-12-4-13-27-21/h2-3,5-10H,4,11-14H2,1H3. The van der Waals surface area contributed by atoms with Crippen LogP contribution in [-0.4, -0.2) is 38.1 Å². The molecule has 1 spiro atoms. The second kappa shape index (κ2) is 7.13. The van der Waals surface area contributed by atoms with Crippen molar-refractivity contribution in [3.63, 3.8) is 0 Å². The van der Waals surface area contributed by atoms with E-state index in [9.17, 15) is 9.59 Å². The zero-order valence-corrected chi connectivity index (χ0v) is 15.1. The lowest BCUT2D eigenvalue weighted by Gasteiger charge is -2.32. The average molecular weight is 367 g/mol. The molecule has 0 atom stereocenters. The average Bonchev–Trinajstić information content (AvgIpc) is 2.92. The van der Waals surface area contributed by atoms with E-state index in [1.54, 1.807) is 29.2 Å². The topological polar surface area (TPSA) is 65.1 Å². The van der Waals surface area contributed by atoms with E-state index in [1.165, 1.54) is 6.92 Å². The number of hydrogen-bond acceptors (Lipinski definition) is 5. The first kappa shape index (κ1) is 17.7. The molecule has 2 aromatic carbocycles. The third-order valence-corrected chi connectivity index (χ3v) is 4.82. The van der Waals surface area contributed by atoms with E-state index < -0.39 is 5.79 Å². The summed E-state index contributed by atoms with van der Waals surface area (Å²) in [6.45, 7) is 3.20. The third kappa shape index (κ3) is 3.11. The Kier molecular flexibility index (Phi) is 4.68. The van der Waals surface area contributed by atoms with Crippen LogP contribution in [0.5, 0.6) is 5.75 Å². The predicted octanol–water partition coefficient (Wildman–Crippen LogP) is 2.90. The number of carbonyl (C=O) groups is 2. The molecule has 1 amide bonds. The summed E-state index contributed by atoms with van der Waals surface area (Å²) in [5, 5.41) is 0. The van der Waals surface area contributed by atoms with E-state index in [2.05, 4.69) is 0 Å². The number of para-hydroxylation sites is 1. The Morgan fingerprint density at radius 1 is 1.11 bits per heavy atom. The minimum Gasteiger partial charge on any atom is -0.492 e. The van der Waals surface area contributed by atoms with Crippen molar-refractivity contribution in [3.8, 4) is 5.75 Å². The molecular formula is C21H21NO5. The summed E-state index contributed by atoms with van der Waals surface area (Å²) >= 11 is 0. The van der Waals surface area contributed by atoms with E-state index in [4.69, 9.17) is 14.2 Å². The highest BCUT2D eigenvalue weighted by Crippen LogP contribution is 2.44. The Labute approximate surface area is 157 Å². The largest absolute Gasteiger partial charge is 0.492 e. The van der Waals surface area contributed by atoms with Crippen LogP contribution >= 0.6 is 0 Å². The minimum atomic E-state index is -1.32. The summed E-state index contributed by atoms with van der Waals surface area (Å²) < 4.78 is 17.4. The number of benzene rings is 2. The van der Waals surface area contributed by atoms with E-state index in [1.807, 2.05) is 24.3 Å². The number of anilines is 1. The number of nitrogens with zero attached hydrogens (tertiary/aromatic N) is 1. The molecule has 0 unspecified atom stereocenters. The zero-order valence-electron chi connectivity index (χ0n) is 15.1. The number of ketones is 1. The number of amides is 1. The molecule has 2 aliphatic rings. The number of ether oxygens (including phenoxy) is 3. The first-order valence-corrected chi connectivity index (χ1v) is 9.05. The Morgan fingerprint density at radius 2 is 1.81 bits per heavy atom. The van der Waals surface area contributed by atoms with Crippen LogP contribution in [-0.2, 0) is 20.1 Å². The van der Waals surface area contributed by atoms with Gasteiger partial charge in [0.25, 0.3) is 11.7 Å². The van der Waals surface area contributed by atoms with Crippen molar-refractivity contribution in [2.45, 2.75) is 19.1 Å². The van der Waals surface area contributed by atoms with Gasteiger partial charge in [-0.25, -0.2) is 0 Å². The van der Waals surface area contributed by atoms with Crippen LogP contribution in [0.2, 0.25) is 0 Å². The fourth-order valence-electron chi connectivity index (χ4n) is 3.46. The van der Waals surface area contributed by atoms with Crippen LogP contribution in [0.15, 0.2) is 48.5 Å². The number of Topliss-reactive ketones (excluding diaryl/α,β-unsaturated/α-hetero) is 1. The van der Waals surface area contributed by atoms with Crippen molar-refractivity contribution in [3.05, 3.63) is 59.7 Å². The molecule has 2 aliphatic heterocycles. The van der Waals surface area contributed by atoms with Gasteiger partial charge in [0.1, 0.15) is 12.4 Å². The molecule has 0 bridgehead atoms. The summed E-state index contributed by atoms with van der Waals surface area (Å²) in [5.74, 6) is -0.866. The molecule has 0 aromatic heterocycles. The van der Waals surface area contributed by atoms with Gasteiger partial charge in [-0.1, -0.05) is 18.2 Å².